The normalized spacial score (nSPS) is 10.8. The summed E-state index contributed by atoms with van der Waals surface area (Å²) in [4.78, 5) is 16.6. The fourth-order valence-corrected chi connectivity index (χ4v) is 2.14. The molecule has 0 bridgehead atoms. The van der Waals surface area contributed by atoms with Gasteiger partial charge in [-0.05, 0) is 25.1 Å². The molecule has 0 saturated heterocycles. The minimum Gasteiger partial charge on any atom is -0.469 e. The van der Waals surface area contributed by atoms with Crippen molar-refractivity contribution < 1.29 is 9.21 Å². The Morgan fingerprint density at radius 2 is 2.00 bits per heavy atom. The van der Waals surface area contributed by atoms with E-state index < -0.39 is 0 Å². The van der Waals surface area contributed by atoms with E-state index in [1.807, 2.05) is 36.4 Å². The van der Waals surface area contributed by atoms with Gasteiger partial charge in [0.05, 0.1) is 23.8 Å². The number of furan rings is 1. The SMILES string of the molecule is Cc1occc1C(=O)Cc1ccc2ccccc2n1. The average molecular weight is 251 g/mol. The lowest BCUT2D eigenvalue weighted by molar-refractivity contribution is 0.0990. The van der Waals surface area contributed by atoms with Crippen LogP contribution >= 0.6 is 0 Å². The molecule has 0 aliphatic rings. The molecule has 1 aromatic carbocycles. The zero-order valence-electron chi connectivity index (χ0n) is 10.6. The predicted molar refractivity (Wildman–Crippen MR) is 73.2 cm³/mol. The van der Waals surface area contributed by atoms with Gasteiger partial charge >= 0.3 is 0 Å². The molecule has 0 saturated carbocycles. The first-order chi connectivity index (χ1) is 9.24. The highest BCUT2D eigenvalue weighted by molar-refractivity contribution is 5.98. The summed E-state index contributed by atoms with van der Waals surface area (Å²) < 4.78 is 5.15. The third kappa shape index (κ3) is 2.27. The van der Waals surface area contributed by atoms with E-state index in [9.17, 15) is 4.79 Å². The number of aryl methyl sites for hydroxylation is 1. The number of carbonyl (C=O) groups excluding carboxylic acids is 1. The molecule has 3 heteroatoms. The van der Waals surface area contributed by atoms with Gasteiger partial charge in [-0.2, -0.15) is 0 Å². The van der Waals surface area contributed by atoms with Crippen LogP contribution in [0.5, 0.6) is 0 Å². The summed E-state index contributed by atoms with van der Waals surface area (Å²) >= 11 is 0. The van der Waals surface area contributed by atoms with E-state index in [1.54, 1.807) is 13.0 Å². The number of nitrogens with zero attached hydrogens (tertiary/aromatic N) is 1. The molecule has 0 fully saturated rings. The summed E-state index contributed by atoms with van der Waals surface area (Å²) in [6.45, 7) is 1.79. The van der Waals surface area contributed by atoms with Crippen LogP contribution in [-0.2, 0) is 6.42 Å². The van der Waals surface area contributed by atoms with Crippen LogP contribution in [0.3, 0.4) is 0 Å². The van der Waals surface area contributed by atoms with Gasteiger partial charge in [-0.25, -0.2) is 0 Å². The highest BCUT2D eigenvalue weighted by Crippen LogP contribution is 2.15. The van der Waals surface area contributed by atoms with Gasteiger partial charge in [-0.3, -0.25) is 9.78 Å². The van der Waals surface area contributed by atoms with E-state index in [4.69, 9.17) is 4.42 Å². The Bertz CT molecular complexity index is 743. The van der Waals surface area contributed by atoms with E-state index in [1.165, 1.54) is 6.26 Å². The molecule has 0 unspecified atom stereocenters. The van der Waals surface area contributed by atoms with Gasteiger partial charge in [-0.1, -0.05) is 24.3 Å². The van der Waals surface area contributed by atoms with Crippen LogP contribution in [0.15, 0.2) is 53.1 Å². The van der Waals surface area contributed by atoms with Crippen molar-refractivity contribution in [3.8, 4) is 0 Å². The maximum atomic E-state index is 12.1. The standard InChI is InChI=1S/C16H13NO2/c1-11-14(8-9-19-11)16(18)10-13-7-6-12-4-2-3-5-15(12)17-13/h2-9H,10H2,1H3. The van der Waals surface area contributed by atoms with Crippen molar-refractivity contribution in [1.29, 1.82) is 0 Å². The number of para-hydroxylation sites is 1. The first-order valence-electron chi connectivity index (χ1n) is 6.16. The largest absolute Gasteiger partial charge is 0.469 e. The maximum absolute atomic E-state index is 12.1. The summed E-state index contributed by atoms with van der Waals surface area (Å²) in [7, 11) is 0. The van der Waals surface area contributed by atoms with E-state index in [0.717, 1.165) is 16.6 Å². The summed E-state index contributed by atoms with van der Waals surface area (Å²) in [5.41, 5.74) is 2.33. The first kappa shape index (κ1) is 11.7. The van der Waals surface area contributed by atoms with Crippen molar-refractivity contribution in [3.63, 3.8) is 0 Å². The minimum absolute atomic E-state index is 0.0361. The Kier molecular flexibility index (Phi) is 2.88. The van der Waals surface area contributed by atoms with Crippen molar-refractivity contribution in [2.75, 3.05) is 0 Å². The Labute approximate surface area is 110 Å². The van der Waals surface area contributed by atoms with Crippen LogP contribution in [-0.4, -0.2) is 10.8 Å². The first-order valence-corrected chi connectivity index (χ1v) is 6.16. The third-order valence-corrected chi connectivity index (χ3v) is 3.16. The average Bonchev–Trinajstić information content (AvgIpc) is 2.85. The number of fused-ring (bicyclic) bond motifs is 1. The number of hydrogen-bond acceptors (Lipinski definition) is 3. The fourth-order valence-electron chi connectivity index (χ4n) is 2.14. The quantitative estimate of drug-likeness (QED) is 0.668. The Morgan fingerprint density at radius 3 is 2.79 bits per heavy atom. The molecular weight excluding hydrogens is 238 g/mol. The van der Waals surface area contributed by atoms with Crippen LogP contribution in [0.25, 0.3) is 10.9 Å². The topological polar surface area (TPSA) is 43.1 Å². The second-order valence-corrected chi connectivity index (χ2v) is 4.49. The molecule has 94 valence electrons. The lowest BCUT2D eigenvalue weighted by Gasteiger charge is -2.02. The molecule has 0 spiro atoms. The molecule has 2 heterocycles. The smallest absolute Gasteiger partial charge is 0.172 e. The third-order valence-electron chi connectivity index (χ3n) is 3.16. The predicted octanol–water partition coefficient (Wildman–Crippen LogP) is 3.56. The van der Waals surface area contributed by atoms with Crippen molar-refractivity contribution in [2.45, 2.75) is 13.3 Å². The van der Waals surface area contributed by atoms with E-state index in [2.05, 4.69) is 4.98 Å². The van der Waals surface area contributed by atoms with Gasteiger partial charge in [0.15, 0.2) is 5.78 Å². The van der Waals surface area contributed by atoms with Crippen molar-refractivity contribution in [1.82, 2.24) is 4.98 Å². The number of ketones is 1. The summed E-state index contributed by atoms with van der Waals surface area (Å²) in [6.07, 6.45) is 1.83. The Morgan fingerprint density at radius 1 is 1.16 bits per heavy atom. The molecule has 0 aliphatic heterocycles. The molecule has 0 N–H and O–H groups in total. The van der Waals surface area contributed by atoms with Gasteiger partial charge < -0.3 is 4.42 Å². The Hall–Kier alpha value is -2.42. The number of pyridine rings is 1. The lowest BCUT2D eigenvalue weighted by Crippen LogP contribution is -2.05. The minimum atomic E-state index is 0.0361. The molecule has 19 heavy (non-hydrogen) atoms. The van der Waals surface area contributed by atoms with Gasteiger partial charge in [0.1, 0.15) is 5.76 Å². The molecule has 0 atom stereocenters. The lowest BCUT2D eigenvalue weighted by atomic mass is 10.1. The fraction of sp³-hybridized carbons (Fsp3) is 0.125. The van der Waals surface area contributed by atoms with Crippen LogP contribution in [0, 0.1) is 6.92 Å². The number of carbonyl (C=O) groups is 1. The molecule has 3 nitrogen and oxygen atoms in total. The van der Waals surface area contributed by atoms with Gasteiger partial charge in [0.2, 0.25) is 0 Å². The van der Waals surface area contributed by atoms with Gasteiger partial charge in [0, 0.05) is 11.1 Å². The number of rotatable bonds is 3. The highest BCUT2D eigenvalue weighted by Gasteiger charge is 2.12. The van der Waals surface area contributed by atoms with Crippen LogP contribution in [0.4, 0.5) is 0 Å². The van der Waals surface area contributed by atoms with Crippen molar-refractivity contribution >= 4 is 16.7 Å². The summed E-state index contributed by atoms with van der Waals surface area (Å²) in [6, 6.07) is 13.5. The van der Waals surface area contributed by atoms with Crippen LogP contribution in [0.1, 0.15) is 21.8 Å². The summed E-state index contributed by atoms with van der Waals surface area (Å²) in [5, 5.41) is 1.08. The number of aromatic nitrogens is 1. The second-order valence-electron chi connectivity index (χ2n) is 4.49. The molecule has 0 amide bonds. The zero-order chi connectivity index (χ0) is 13.2. The zero-order valence-corrected chi connectivity index (χ0v) is 10.6. The van der Waals surface area contributed by atoms with Crippen molar-refractivity contribution in [2.24, 2.45) is 0 Å². The Balaban J connectivity index is 1.89. The highest BCUT2D eigenvalue weighted by atomic mass is 16.3. The van der Waals surface area contributed by atoms with Gasteiger partial charge in [0.25, 0.3) is 0 Å². The van der Waals surface area contributed by atoms with E-state index in [0.29, 0.717) is 17.7 Å². The van der Waals surface area contributed by atoms with Gasteiger partial charge in [-0.15, -0.1) is 0 Å². The maximum Gasteiger partial charge on any atom is 0.172 e. The number of hydrogen-bond donors (Lipinski definition) is 0. The second kappa shape index (κ2) is 4.69. The van der Waals surface area contributed by atoms with Crippen LogP contribution in [0.2, 0.25) is 0 Å². The van der Waals surface area contributed by atoms with E-state index >= 15 is 0 Å². The van der Waals surface area contributed by atoms with Crippen molar-refractivity contribution in [3.05, 3.63) is 65.7 Å². The molecular formula is C16H13NO2. The number of Topliss-reactive ketones (excluding diaryl/α,β-unsaturated/α-hetero) is 1. The molecule has 0 radical (unpaired) electrons. The molecule has 0 aliphatic carbocycles. The molecule has 3 rings (SSSR count). The number of benzene rings is 1. The van der Waals surface area contributed by atoms with E-state index in [-0.39, 0.29) is 5.78 Å². The van der Waals surface area contributed by atoms with Crippen LogP contribution < -0.4 is 0 Å². The molecule has 2 aromatic heterocycles. The summed E-state index contributed by atoms with van der Waals surface area (Å²) in [5.74, 6) is 0.694. The molecule has 3 aromatic rings. The monoisotopic (exact) mass is 251 g/mol.